The van der Waals surface area contributed by atoms with Gasteiger partial charge in [0.2, 0.25) is 5.91 Å². The highest BCUT2D eigenvalue weighted by molar-refractivity contribution is 6.40. The monoisotopic (exact) mass is 322 g/mol. The van der Waals surface area contributed by atoms with Gasteiger partial charge in [-0.1, -0.05) is 0 Å². The van der Waals surface area contributed by atoms with Crippen LogP contribution in [0.5, 0.6) is 0 Å². The third kappa shape index (κ3) is 4.04. The van der Waals surface area contributed by atoms with Gasteiger partial charge >= 0.3 is 0 Å². The number of rotatable bonds is 6. The highest BCUT2D eigenvalue weighted by Gasteiger charge is 2.35. The summed E-state index contributed by atoms with van der Waals surface area (Å²) in [4.78, 5) is 23.8. The van der Waals surface area contributed by atoms with E-state index in [1.807, 2.05) is 0 Å². The van der Waals surface area contributed by atoms with Crippen molar-refractivity contribution in [2.45, 2.75) is 25.4 Å². The number of nitrogens with one attached hydrogen (secondary N) is 1. The first-order valence-electron chi connectivity index (χ1n) is 7.13. The molecule has 2 rings (SSSR count). The Kier molecular flexibility index (Phi) is 5.28. The Bertz CT molecular complexity index is 618. The molecule has 0 saturated heterocycles. The predicted octanol–water partition coefficient (Wildman–Crippen LogP) is 0.397. The first-order valence-corrected chi connectivity index (χ1v) is 7.13. The number of nitrogens with zero attached hydrogens (tertiary/aromatic N) is 2. The lowest BCUT2D eigenvalue weighted by atomic mass is 10.1. The van der Waals surface area contributed by atoms with Gasteiger partial charge in [0.05, 0.1) is 12.3 Å². The minimum absolute atomic E-state index is 0.0955. The van der Waals surface area contributed by atoms with E-state index in [1.54, 1.807) is 6.92 Å². The average Bonchev–Trinajstić information content (AvgIpc) is 2.93. The molecule has 0 unspecified atom stereocenters. The zero-order valence-electron chi connectivity index (χ0n) is 13.0. The number of nitrogens with two attached hydrogens (primary N) is 1. The minimum atomic E-state index is -0.779. The molecule has 1 heterocycles. The Labute approximate surface area is 133 Å². The van der Waals surface area contributed by atoms with Crippen molar-refractivity contribution in [1.29, 1.82) is 0 Å². The number of hydrogen-bond donors (Lipinski definition) is 2. The van der Waals surface area contributed by atoms with Crippen molar-refractivity contribution < 1.29 is 18.7 Å². The first-order chi connectivity index (χ1) is 10.9. The molecule has 3 N–H and O–H groups in total. The topological polar surface area (TPSA) is 97.0 Å². The molecule has 0 aliphatic carbocycles. The highest BCUT2D eigenvalue weighted by Crippen LogP contribution is 2.24. The molecule has 0 fully saturated rings. The van der Waals surface area contributed by atoms with Crippen LogP contribution in [0.1, 0.15) is 13.3 Å². The molecule has 0 saturated carbocycles. The maximum Gasteiger partial charge on any atom is 0.267 e. The van der Waals surface area contributed by atoms with Crippen LogP contribution in [0.25, 0.3) is 0 Å². The summed E-state index contributed by atoms with van der Waals surface area (Å²) in [5.41, 5.74) is 6.07. The standard InChI is InChI=1S/C15H19FN4O3/c1-9(8-23-2)18-15(22)12-7-13(14(17)21)20(19-12)11-5-3-10(16)4-6-11/h3-6,9,13H,7-8H2,1-2H3,(H2,17,21)(H,18,22)/t9-,13+/m0/s1. The molecule has 124 valence electrons. The van der Waals surface area contributed by atoms with Crippen molar-refractivity contribution in [3.05, 3.63) is 30.1 Å². The normalized spacial score (nSPS) is 18.5. The Balaban J connectivity index is 2.19. The fourth-order valence-corrected chi connectivity index (χ4v) is 2.30. The van der Waals surface area contributed by atoms with Crippen molar-refractivity contribution in [2.75, 3.05) is 18.7 Å². The molecule has 0 spiro atoms. The number of anilines is 1. The summed E-state index contributed by atoms with van der Waals surface area (Å²) in [5.74, 6) is -1.39. The summed E-state index contributed by atoms with van der Waals surface area (Å²) >= 11 is 0. The quantitative estimate of drug-likeness (QED) is 0.792. The molecule has 1 aliphatic rings. The number of amides is 2. The molecular formula is C15H19FN4O3. The van der Waals surface area contributed by atoms with Crippen LogP contribution < -0.4 is 16.1 Å². The van der Waals surface area contributed by atoms with Crippen molar-refractivity contribution in [2.24, 2.45) is 10.8 Å². The van der Waals surface area contributed by atoms with Gasteiger partial charge in [-0.15, -0.1) is 0 Å². The summed E-state index contributed by atoms with van der Waals surface area (Å²) in [5, 5.41) is 8.25. The van der Waals surface area contributed by atoms with Gasteiger partial charge in [-0.3, -0.25) is 14.6 Å². The summed E-state index contributed by atoms with van der Waals surface area (Å²) in [7, 11) is 1.54. The smallest absolute Gasteiger partial charge is 0.267 e. The van der Waals surface area contributed by atoms with E-state index in [0.717, 1.165) is 0 Å². The Morgan fingerprint density at radius 3 is 2.70 bits per heavy atom. The maximum atomic E-state index is 13.0. The number of hydrazone groups is 1. The second kappa shape index (κ2) is 7.19. The minimum Gasteiger partial charge on any atom is -0.383 e. The van der Waals surface area contributed by atoms with E-state index in [0.29, 0.717) is 12.3 Å². The van der Waals surface area contributed by atoms with Crippen LogP contribution in [0.2, 0.25) is 0 Å². The maximum absolute atomic E-state index is 13.0. The van der Waals surface area contributed by atoms with Crippen LogP contribution in [0, 0.1) is 5.82 Å². The van der Waals surface area contributed by atoms with E-state index in [9.17, 15) is 14.0 Å². The van der Waals surface area contributed by atoms with Crippen LogP contribution >= 0.6 is 0 Å². The van der Waals surface area contributed by atoms with Crippen molar-refractivity contribution >= 4 is 23.2 Å². The van der Waals surface area contributed by atoms with E-state index in [2.05, 4.69) is 10.4 Å². The molecular weight excluding hydrogens is 303 g/mol. The number of benzene rings is 1. The summed E-state index contributed by atoms with van der Waals surface area (Å²) < 4.78 is 18.0. The van der Waals surface area contributed by atoms with Gasteiger partial charge in [0, 0.05) is 19.6 Å². The molecule has 1 aromatic carbocycles. The SMILES string of the molecule is COC[C@H](C)NC(=O)C1=NN(c2ccc(F)cc2)[C@@H](C(N)=O)C1. The van der Waals surface area contributed by atoms with E-state index in [4.69, 9.17) is 10.5 Å². The molecule has 23 heavy (non-hydrogen) atoms. The molecule has 8 heteroatoms. The van der Waals surface area contributed by atoms with E-state index < -0.39 is 17.8 Å². The molecule has 2 atom stereocenters. The molecule has 2 amide bonds. The van der Waals surface area contributed by atoms with Crippen LogP contribution in [-0.2, 0) is 14.3 Å². The van der Waals surface area contributed by atoms with Gasteiger partial charge in [0.1, 0.15) is 17.6 Å². The summed E-state index contributed by atoms with van der Waals surface area (Å²) in [6.45, 7) is 2.15. The van der Waals surface area contributed by atoms with Gasteiger partial charge < -0.3 is 15.8 Å². The van der Waals surface area contributed by atoms with Crippen molar-refractivity contribution in [1.82, 2.24) is 5.32 Å². The fourth-order valence-electron chi connectivity index (χ4n) is 2.30. The number of hydrogen-bond acceptors (Lipinski definition) is 5. The predicted molar refractivity (Wildman–Crippen MR) is 83.4 cm³/mol. The molecule has 0 aromatic heterocycles. The van der Waals surface area contributed by atoms with E-state index in [1.165, 1.54) is 36.4 Å². The van der Waals surface area contributed by atoms with Crippen molar-refractivity contribution in [3.8, 4) is 0 Å². The van der Waals surface area contributed by atoms with E-state index in [-0.39, 0.29) is 24.1 Å². The molecule has 7 nitrogen and oxygen atoms in total. The first kappa shape index (κ1) is 16.9. The van der Waals surface area contributed by atoms with Crippen LogP contribution in [-0.4, -0.2) is 43.3 Å². The Hall–Kier alpha value is -2.48. The average molecular weight is 322 g/mol. The van der Waals surface area contributed by atoms with Crippen LogP contribution in [0.3, 0.4) is 0 Å². The van der Waals surface area contributed by atoms with Gasteiger partial charge in [-0.25, -0.2) is 4.39 Å². The van der Waals surface area contributed by atoms with Crippen LogP contribution in [0.15, 0.2) is 29.4 Å². The highest BCUT2D eigenvalue weighted by atomic mass is 19.1. The third-order valence-electron chi connectivity index (χ3n) is 3.39. The number of methoxy groups -OCH3 is 1. The largest absolute Gasteiger partial charge is 0.383 e. The Morgan fingerprint density at radius 2 is 2.13 bits per heavy atom. The zero-order chi connectivity index (χ0) is 17.0. The van der Waals surface area contributed by atoms with Gasteiger partial charge in [-0.2, -0.15) is 5.10 Å². The number of carbonyl (C=O) groups is 2. The van der Waals surface area contributed by atoms with Gasteiger partial charge in [0.25, 0.3) is 5.91 Å². The van der Waals surface area contributed by atoms with Crippen LogP contribution in [0.4, 0.5) is 10.1 Å². The number of carbonyl (C=O) groups excluding carboxylic acids is 2. The second-order valence-corrected chi connectivity index (χ2v) is 5.32. The number of ether oxygens (including phenoxy) is 1. The van der Waals surface area contributed by atoms with Gasteiger partial charge in [0.15, 0.2) is 0 Å². The Morgan fingerprint density at radius 1 is 1.48 bits per heavy atom. The summed E-state index contributed by atoms with van der Waals surface area (Å²) in [6, 6.07) is 4.48. The lowest BCUT2D eigenvalue weighted by Crippen LogP contribution is -2.41. The molecule has 1 aromatic rings. The number of halogens is 1. The number of primary amides is 1. The third-order valence-corrected chi connectivity index (χ3v) is 3.39. The zero-order valence-corrected chi connectivity index (χ0v) is 13.0. The fraction of sp³-hybridized carbons (Fsp3) is 0.400. The lowest BCUT2D eigenvalue weighted by molar-refractivity contribution is -0.119. The summed E-state index contributed by atoms with van der Waals surface area (Å²) in [6.07, 6.45) is 0.0955. The van der Waals surface area contributed by atoms with E-state index >= 15 is 0 Å². The molecule has 0 radical (unpaired) electrons. The lowest BCUT2D eigenvalue weighted by Gasteiger charge is -2.20. The molecule has 0 bridgehead atoms. The van der Waals surface area contributed by atoms with Crippen molar-refractivity contribution in [3.63, 3.8) is 0 Å². The van der Waals surface area contributed by atoms with Gasteiger partial charge in [-0.05, 0) is 31.2 Å². The second-order valence-electron chi connectivity index (χ2n) is 5.32. The molecule has 1 aliphatic heterocycles.